The molecule has 5 heteroatoms. The molecule has 1 aliphatic rings. The molecular formula is C16H25NO3S. The number of carbonyl (C=O) groups is 1. The number of aryl methyl sites for hydroxylation is 1. The SMILES string of the molecule is CCOC(=O)CCc1sc(CN2CCCCCC2)cc1O. The molecule has 1 fully saturated rings. The van der Waals surface area contributed by atoms with E-state index in [1.165, 1.54) is 30.6 Å². The second-order valence-electron chi connectivity index (χ2n) is 5.52. The molecule has 0 radical (unpaired) electrons. The summed E-state index contributed by atoms with van der Waals surface area (Å²) in [7, 11) is 0. The average Bonchev–Trinajstić information content (AvgIpc) is 2.65. The molecule has 0 amide bonds. The van der Waals surface area contributed by atoms with Gasteiger partial charge in [0, 0.05) is 16.3 Å². The lowest BCUT2D eigenvalue weighted by atomic mass is 10.2. The van der Waals surface area contributed by atoms with E-state index in [1.807, 2.05) is 6.07 Å². The van der Waals surface area contributed by atoms with Gasteiger partial charge in [-0.2, -0.15) is 0 Å². The molecule has 4 nitrogen and oxygen atoms in total. The largest absolute Gasteiger partial charge is 0.507 e. The van der Waals surface area contributed by atoms with Gasteiger partial charge in [0.05, 0.1) is 13.0 Å². The van der Waals surface area contributed by atoms with Crippen LogP contribution >= 0.6 is 11.3 Å². The quantitative estimate of drug-likeness (QED) is 0.819. The van der Waals surface area contributed by atoms with Crippen LogP contribution in [0.2, 0.25) is 0 Å². The van der Waals surface area contributed by atoms with E-state index in [2.05, 4.69) is 4.90 Å². The van der Waals surface area contributed by atoms with Gasteiger partial charge in [0.1, 0.15) is 5.75 Å². The van der Waals surface area contributed by atoms with Gasteiger partial charge in [0.2, 0.25) is 0 Å². The highest BCUT2D eigenvalue weighted by atomic mass is 32.1. The molecule has 1 N–H and O–H groups in total. The lowest BCUT2D eigenvalue weighted by molar-refractivity contribution is -0.143. The van der Waals surface area contributed by atoms with Crippen molar-refractivity contribution in [2.75, 3.05) is 19.7 Å². The van der Waals surface area contributed by atoms with E-state index in [0.717, 1.165) is 24.5 Å². The fourth-order valence-electron chi connectivity index (χ4n) is 2.69. The number of esters is 1. The van der Waals surface area contributed by atoms with E-state index in [1.54, 1.807) is 18.3 Å². The molecule has 1 aromatic rings. The number of rotatable bonds is 6. The lowest BCUT2D eigenvalue weighted by Crippen LogP contribution is -2.23. The summed E-state index contributed by atoms with van der Waals surface area (Å²) in [5.41, 5.74) is 0. The summed E-state index contributed by atoms with van der Waals surface area (Å²) in [6, 6.07) is 1.86. The third kappa shape index (κ3) is 5.32. The van der Waals surface area contributed by atoms with Crippen LogP contribution in [0.4, 0.5) is 0 Å². The molecule has 118 valence electrons. The first kappa shape index (κ1) is 16.3. The molecule has 1 saturated heterocycles. The Labute approximate surface area is 130 Å². The van der Waals surface area contributed by atoms with Gasteiger partial charge in [-0.1, -0.05) is 12.8 Å². The van der Waals surface area contributed by atoms with Crippen molar-refractivity contribution in [1.29, 1.82) is 0 Å². The Morgan fingerprint density at radius 2 is 2.05 bits per heavy atom. The maximum atomic E-state index is 11.4. The highest BCUT2D eigenvalue weighted by molar-refractivity contribution is 7.12. The number of thiophene rings is 1. The zero-order valence-electron chi connectivity index (χ0n) is 12.8. The molecule has 0 aromatic carbocycles. The van der Waals surface area contributed by atoms with Crippen molar-refractivity contribution in [2.45, 2.75) is 52.0 Å². The number of carbonyl (C=O) groups excluding carboxylic acids is 1. The number of likely N-dealkylation sites (tertiary alicyclic amines) is 1. The smallest absolute Gasteiger partial charge is 0.306 e. The van der Waals surface area contributed by atoms with Crippen molar-refractivity contribution in [3.63, 3.8) is 0 Å². The number of ether oxygens (including phenoxy) is 1. The average molecular weight is 311 g/mol. The molecule has 21 heavy (non-hydrogen) atoms. The van der Waals surface area contributed by atoms with Crippen molar-refractivity contribution in [1.82, 2.24) is 4.90 Å². The van der Waals surface area contributed by atoms with Crippen LogP contribution in [0, 0.1) is 0 Å². The summed E-state index contributed by atoms with van der Waals surface area (Å²) in [4.78, 5) is 15.9. The summed E-state index contributed by atoms with van der Waals surface area (Å²) in [6.07, 6.45) is 6.11. The predicted molar refractivity (Wildman–Crippen MR) is 84.7 cm³/mol. The third-order valence-electron chi connectivity index (χ3n) is 3.78. The van der Waals surface area contributed by atoms with Crippen molar-refractivity contribution < 1.29 is 14.6 Å². The fourth-order valence-corrected chi connectivity index (χ4v) is 3.80. The number of nitrogens with zero attached hydrogens (tertiary/aromatic N) is 1. The van der Waals surface area contributed by atoms with Gasteiger partial charge in [-0.25, -0.2) is 0 Å². The number of aromatic hydroxyl groups is 1. The summed E-state index contributed by atoms with van der Waals surface area (Å²) in [6.45, 7) is 5.43. The first-order valence-corrected chi connectivity index (χ1v) is 8.69. The number of hydrogen-bond acceptors (Lipinski definition) is 5. The van der Waals surface area contributed by atoms with Gasteiger partial charge >= 0.3 is 5.97 Å². The van der Waals surface area contributed by atoms with Crippen LogP contribution in [0.25, 0.3) is 0 Å². The van der Waals surface area contributed by atoms with E-state index < -0.39 is 0 Å². The highest BCUT2D eigenvalue weighted by Crippen LogP contribution is 2.30. The minimum absolute atomic E-state index is 0.195. The molecule has 0 bridgehead atoms. The topological polar surface area (TPSA) is 49.8 Å². The van der Waals surface area contributed by atoms with Gasteiger partial charge < -0.3 is 9.84 Å². The summed E-state index contributed by atoms with van der Waals surface area (Å²) < 4.78 is 4.92. The second kappa shape index (κ2) is 8.39. The van der Waals surface area contributed by atoms with Gasteiger partial charge in [-0.3, -0.25) is 9.69 Å². The Balaban J connectivity index is 1.87. The van der Waals surface area contributed by atoms with E-state index in [9.17, 15) is 9.90 Å². The van der Waals surface area contributed by atoms with Crippen LogP contribution in [0.1, 0.15) is 48.8 Å². The second-order valence-corrected chi connectivity index (χ2v) is 6.74. The van der Waals surface area contributed by atoms with Crippen LogP contribution in [-0.2, 0) is 22.5 Å². The minimum Gasteiger partial charge on any atom is -0.507 e. The molecule has 0 unspecified atom stereocenters. The van der Waals surface area contributed by atoms with Crippen molar-refractivity contribution >= 4 is 17.3 Å². The Kier molecular flexibility index (Phi) is 6.51. The van der Waals surface area contributed by atoms with E-state index >= 15 is 0 Å². The monoisotopic (exact) mass is 311 g/mol. The van der Waals surface area contributed by atoms with Crippen LogP contribution in [0.5, 0.6) is 5.75 Å². The lowest BCUT2D eigenvalue weighted by Gasteiger charge is -2.18. The predicted octanol–water partition coefficient (Wildman–Crippen LogP) is 3.33. The standard InChI is InChI=1S/C16H25NO3S/c1-2-20-16(19)8-7-15-14(18)11-13(21-15)12-17-9-5-3-4-6-10-17/h11,18H,2-10,12H2,1H3. The van der Waals surface area contributed by atoms with Gasteiger partial charge in [0.15, 0.2) is 0 Å². The summed E-state index contributed by atoms with van der Waals surface area (Å²) in [5.74, 6) is 0.133. The Hall–Kier alpha value is -1.07. The Morgan fingerprint density at radius 3 is 2.71 bits per heavy atom. The fraction of sp³-hybridized carbons (Fsp3) is 0.688. The van der Waals surface area contributed by atoms with Crippen LogP contribution in [-0.4, -0.2) is 35.7 Å². The highest BCUT2D eigenvalue weighted by Gasteiger charge is 2.14. The first-order valence-electron chi connectivity index (χ1n) is 7.87. The van der Waals surface area contributed by atoms with E-state index in [4.69, 9.17) is 4.74 Å². The summed E-state index contributed by atoms with van der Waals surface area (Å²) in [5, 5.41) is 10.00. The van der Waals surface area contributed by atoms with E-state index in [-0.39, 0.29) is 5.97 Å². The number of hydrogen-bond donors (Lipinski definition) is 1. The van der Waals surface area contributed by atoms with Gasteiger partial charge in [-0.15, -0.1) is 11.3 Å². The van der Waals surface area contributed by atoms with Gasteiger partial charge in [0.25, 0.3) is 0 Å². The molecular weight excluding hydrogens is 286 g/mol. The van der Waals surface area contributed by atoms with E-state index in [0.29, 0.717) is 25.2 Å². The maximum absolute atomic E-state index is 11.4. The van der Waals surface area contributed by atoms with Gasteiger partial charge in [-0.05, 0) is 45.3 Å². The molecule has 0 aliphatic carbocycles. The van der Waals surface area contributed by atoms with Crippen molar-refractivity contribution in [3.8, 4) is 5.75 Å². The van der Waals surface area contributed by atoms with Crippen LogP contribution in [0.3, 0.4) is 0 Å². The summed E-state index contributed by atoms with van der Waals surface area (Å²) >= 11 is 1.62. The molecule has 1 aliphatic heterocycles. The molecule has 0 spiro atoms. The van der Waals surface area contributed by atoms with Crippen LogP contribution in [0.15, 0.2) is 6.07 Å². The zero-order chi connectivity index (χ0) is 15.1. The van der Waals surface area contributed by atoms with Crippen molar-refractivity contribution in [3.05, 3.63) is 15.8 Å². The zero-order valence-corrected chi connectivity index (χ0v) is 13.6. The molecule has 2 rings (SSSR count). The first-order chi connectivity index (χ1) is 10.2. The Morgan fingerprint density at radius 1 is 1.33 bits per heavy atom. The maximum Gasteiger partial charge on any atom is 0.306 e. The molecule has 0 saturated carbocycles. The molecule has 0 atom stereocenters. The minimum atomic E-state index is -0.195. The van der Waals surface area contributed by atoms with Crippen LogP contribution < -0.4 is 0 Å². The molecule has 1 aromatic heterocycles. The van der Waals surface area contributed by atoms with Crippen molar-refractivity contribution in [2.24, 2.45) is 0 Å². The normalized spacial score (nSPS) is 16.6. The molecule has 2 heterocycles. The Bertz CT molecular complexity index is 450. The third-order valence-corrected chi connectivity index (χ3v) is 4.95.